The first-order chi connectivity index (χ1) is 13.5. The van der Waals surface area contributed by atoms with Gasteiger partial charge in [-0.1, -0.05) is 59.6 Å². The van der Waals surface area contributed by atoms with E-state index in [0.717, 1.165) is 22.1 Å². The number of aromatic nitrogens is 2. The first-order valence-electron chi connectivity index (χ1n) is 8.79. The molecule has 0 unspecified atom stereocenters. The Kier molecular flexibility index (Phi) is 7.25. The van der Waals surface area contributed by atoms with Crippen molar-refractivity contribution in [1.29, 1.82) is 0 Å². The monoisotopic (exact) mass is 434 g/mol. The van der Waals surface area contributed by atoms with E-state index in [9.17, 15) is 4.79 Å². The zero-order valence-electron chi connectivity index (χ0n) is 15.4. The Morgan fingerprint density at radius 2 is 1.96 bits per heavy atom. The lowest BCUT2D eigenvalue weighted by Gasteiger charge is -2.15. The highest BCUT2D eigenvalue weighted by atomic mass is 35.5. The maximum atomic E-state index is 12.2. The van der Waals surface area contributed by atoms with Gasteiger partial charge in [0.05, 0.1) is 6.54 Å². The molecule has 1 aromatic heterocycles. The van der Waals surface area contributed by atoms with Crippen molar-refractivity contribution in [2.45, 2.75) is 12.8 Å². The van der Waals surface area contributed by atoms with Crippen LogP contribution in [0.4, 0.5) is 5.13 Å². The maximum absolute atomic E-state index is 12.2. The van der Waals surface area contributed by atoms with Crippen molar-refractivity contribution < 1.29 is 4.79 Å². The van der Waals surface area contributed by atoms with Crippen LogP contribution in [0.5, 0.6) is 0 Å². The van der Waals surface area contributed by atoms with Crippen LogP contribution in [0.3, 0.4) is 0 Å². The van der Waals surface area contributed by atoms with Crippen molar-refractivity contribution in [3.05, 3.63) is 75.5 Å². The molecule has 0 saturated carbocycles. The van der Waals surface area contributed by atoms with Gasteiger partial charge >= 0.3 is 0 Å². The van der Waals surface area contributed by atoms with Gasteiger partial charge in [0.25, 0.3) is 0 Å². The van der Waals surface area contributed by atoms with E-state index < -0.39 is 0 Å². The highest BCUT2D eigenvalue weighted by Crippen LogP contribution is 2.21. The molecule has 28 heavy (non-hydrogen) atoms. The summed E-state index contributed by atoms with van der Waals surface area (Å²) in [6.07, 6.45) is 1.32. The van der Waals surface area contributed by atoms with Gasteiger partial charge in [0.2, 0.25) is 11.0 Å². The Balaban J connectivity index is 1.46. The lowest BCUT2D eigenvalue weighted by atomic mass is 10.1. The molecule has 8 heteroatoms. The molecule has 3 rings (SSSR count). The predicted octanol–water partition coefficient (Wildman–Crippen LogP) is 4.23. The van der Waals surface area contributed by atoms with Gasteiger partial charge in [-0.25, -0.2) is 4.98 Å². The van der Waals surface area contributed by atoms with Gasteiger partial charge < -0.3 is 10.2 Å². The molecule has 0 bridgehead atoms. The molecular weight excluding hydrogens is 415 g/mol. The quantitative estimate of drug-likeness (QED) is 0.576. The molecule has 2 aromatic carbocycles. The normalized spacial score (nSPS) is 10.7. The number of carbonyl (C=O) groups excluding carboxylic acids is 1. The molecule has 146 valence electrons. The average molecular weight is 435 g/mol. The molecule has 0 spiro atoms. The second kappa shape index (κ2) is 9.87. The fourth-order valence-corrected chi connectivity index (χ4v) is 3.80. The van der Waals surface area contributed by atoms with Crippen LogP contribution < -0.4 is 10.2 Å². The maximum Gasteiger partial charge on any atom is 0.239 e. The minimum Gasteiger partial charge on any atom is -0.354 e. The smallest absolute Gasteiger partial charge is 0.239 e. The molecule has 5 nitrogen and oxygen atoms in total. The standard InChI is InChI=1S/C20H20Cl2N4OS/c1-26(20-24-18(25-28-20)11-14-5-3-2-4-6-14)13-19(27)23-10-9-15-7-8-16(21)12-17(15)22/h2-8,12H,9-11,13H2,1H3,(H,23,27). The molecule has 0 radical (unpaired) electrons. The molecule has 0 saturated heterocycles. The van der Waals surface area contributed by atoms with Crippen LogP contribution in [0.15, 0.2) is 48.5 Å². The van der Waals surface area contributed by atoms with Gasteiger partial charge in [0, 0.05) is 41.6 Å². The topological polar surface area (TPSA) is 58.1 Å². The van der Waals surface area contributed by atoms with Gasteiger partial charge in [-0.05, 0) is 29.7 Å². The predicted molar refractivity (Wildman–Crippen MR) is 116 cm³/mol. The summed E-state index contributed by atoms with van der Waals surface area (Å²) in [6, 6.07) is 15.4. The van der Waals surface area contributed by atoms with Gasteiger partial charge in [-0.2, -0.15) is 4.37 Å². The van der Waals surface area contributed by atoms with Crippen molar-refractivity contribution in [3.8, 4) is 0 Å². The summed E-state index contributed by atoms with van der Waals surface area (Å²) in [5, 5.41) is 4.84. The van der Waals surface area contributed by atoms with Crippen molar-refractivity contribution in [2.75, 3.05) is 25.0 Å². The molecular formula is C20H20Cl2N4OS. The van der Waals surface area contributed by atoms with Crippen molar-refractivity contribution in [1.82, 2.24) is 14.7 Å². The molecule has 0 aliphatic heterocycles. The zero-order valence-corrected chi connectivity index (χ0v) is 17.7. The highest BCUT2D eigenvalue weighted by Gasteiger charge is 2.13. The summed E-state index contributed by atoms with van der Waals surface area (Å²) < 4.78 is 4.39. The van der Waals surface area contributed by atoms with Crippen molar-refractivity contribution in [2.24, 2.45) is 0 Å². The number of carbonyl (C=O) groups is 1. The lowest BCUT2D eigenvalue weighted by Crippen LogP contribution is -2.36. The Morgan fingerprint density at radius 3 is 2.71 bits per heavy atom. The average Bonchev–Trinajstić information content (AvgIpc) is 3.13. The number of hydrogen-bond donors (Lipinski definition) is 1. The summed E-state index contributed by atoms with van der Waals surface area (Å²) in [4.78, 5) is 18.5. The second-order valence-electron chi connectivity index (χ2n) is 6.35. The number of likely N-dealkylation sites (N-methyl/N-ethyl adjacent to an activating group) is 1. The number of amides is 1. The Bertz CT molecular complexity index is 933. The van der Waals surface area contributed by atoms with E-state index in [1.165, 1.54) is 11.5 Å². The number of rotatable bonds is 8. The summed E-state index contributed by atoms with van der Waals surface area (Å²) in [7, 11) is 1.84. The third kappa shape index (κ3) is 5.92. The number of benzene rings is 2. The third-order valence-corrected chi connectivity index (χ3v) is 5.56. The molecule has 0 atom stereocenters. The fourth-order valence-electron chi connectivity index (χ4n) is 2.65. The second-order valence-corrected chi connectivity index (χ2v) is 7.92. The van der Waals surface area contributed by atoms with E-state index in [1.807, 2.05) is 43.4 Å². The molecule has 1 amide bonds. The lowest BCUT2D eigenvalue weighted by molar-refractivity contribution is -0.119. The van der Waals surface area contributed by atoms with Crippen LogP contribution in [0.1, 0.15) is 17.0 Å². The van der Waals surface area contributed by atoms with Crippen LogP contribution >= 0.6 is 34.7 Å². The van der Waals surface area contributed by atoms with Crippen LogP contribution in [-0.2, 0) is 17.6 Å². The SMILES string of the molecule is CN(CC(=O)NCCc1ccc(Cl)cc1Cl)c1nc(Cc2ccccc2)ns1. The number of nitrogens with one attached hydrogen (secondary N) is 1. The van der Waals surface area contributed by atoms with Gasteiger partial charge in [0.15, 0.2) is 0 Å². The first-order valence-corrected chi connectivity index (χ1v) is 10.3. The molecule has 0 aliphatic rings. The Labute approximate surface area is 178 Å². The number of nitrogens with zero attached hydrogens (tertiary/aromatic N) is 3. The Morgan fingerprint density at radius 1 is 1.18 bits per heavy atom. The molecule has 0 aliphatic carbocycles. The van der Waals surface area contributed by atoms with E-state index in [1.54, 1.807) is 17.0 Å². The van der Waals surface area contributed by atoms with Crippen LogP contribution in [0, 0.1) is 0 Å². The van der Waals surface area contributed by atoms with Gasteiger partial charge in [-0.3, -0.25) is 4.79 Å². The summed E-state index contributed by atoms with van der Waals surface area (Å²) in [6.45, 7) is 0.720. The van der Waals surface area contributed by atoms with Gasteiger partial charge in [-0.15, -0.1) is 0 Å². The Hall–Kier alpha value is -2.15. The molecule has 0 fully saturated rings. The minimum absolute atomic E-state index is 0.0765. The molecule has 1 N–H and O–H groups in total. The van der Waals surface area contributed by atoms with Crippen molar-refractivity contribution >= 4 is 45.8 Å². The summed E-state index contributed by atoms with van der Waals surface area (Å²) in [5.41, 5.74) is 2.11. The largest absolute Gasteiger partial charge is 0.354 e. The van der Waals surface area contributed by atoms with E-state index in [0.29, 0.717) is 29.4 Å². The van der Waals surface area contributed by atoms with E-state index in [4.69, 9.17) is 23.2 Å². The number of halogens is 2. The molecule has 3 aromatic rings. The van der Waals surface area contributed by atoms with E-state index in [2.05, 4.69) is 14.7 Å². The first kappa shape index (κ1) is 20.6. The van der Waals surface area contributed by atoms with Crippen LogP contribution in [0.25, 0.3) is 0 Å². The number of hydrogen-bond acceptors (Lipinski definition) is 5. The van der Waals surface area contributed by atoms with Crippen molar-refractivity contribution in [3.63, 3.8) is 0 Å². The zero-order chi connectivity index (χ0) is 19.9. The van der Waals surface area contributed by atoms with E-state index >= 15 is 0 Å². The van der Waals surface area contributed by atoms with Crippen LogP contribution in [-0.4, -0.2) is 35.4 Å². The fraction of sp³-hybridized carbons (Fsp3) is 0.250. The van der Waals surface area contributed by atoms with Crippen LogP contribution in [0.2, 0.25) is 10.0 Å². The minimum atomic E-state index is -0.0765. The third-order valence-electron chi connectivity index (χ3n) is 4.10. The van der Waals surface area contributed by atoms with E-state index in [-0.39, 0.29) is 12.5 Å². The molecule has 1 heterocycles. The van der Waals surface area contributed by atoms with Gasteiger partial charge in [0.1, 0.15) is 5.82 Å². The highest BCUT2D eigenvalue weighted by molar-refractivity contribution is 7.09. The summed E-state index contributed by atoms with van der Waals surface area (Å²) >= 11 is 13.3. The summed E-state index contributed by atoms with van der Waals surface area (Å²) in [5.74, 6) is 0.684. The number of anilines is 1.